The maximum atomic E-state index is 11.7. The second-order valence-corrected chi connectivity index (χ2v) is 5.36. The molecule has 2 rings (SSSR count). The highest BCUT2D eigenvalue weighted by atomic mass is 16.3. The minimum Gasteiger partial charge on any atom is -0.388 e. The van der Waals surface area contributed by atoms with Crippen molar-refractivity contribution in [2.24, 2.45) is 11.3 Å². The molecule has 2 heteroatoms. The Morgan fingerprint density at radius 1 is 1.43 bits per heavy atom. The van der Waals surface area contributed by atoms with Crippen LogP contribution in [0.1, 0.15) is 40.0 Å². The molecular weight excluding hydrogens is 176 g/mol. The van der Waals surface area contributed by atoms with Gasteiger partial charge in [0.2, 0.25) is 0 Å². The van der Waals surface area contributed by atoms with Crippen molar-refractivity contribution < 1.29 is 9.90 Å². The number of Topliss-reactive ketones (excluding diaryl/α,β-unsaturated/α-hetero) is 1. The van der Waals surface area contributed by atoms with Crippen molar-refractivity contribution in [3.8, 4) is 0 Å². The molecule has 2 aliphatic carbocycles. The summed E-state index contributed by atoms with van der Waals surface area (Å²) in [5.74, 6) is 0.655. The highest BCUT2D eigenvalue weighted by Crippen LogP contribution is 2.47. The average molecular weight is 194 g/mol. The van der Waals surface area contributed by atoms with Crippen molar-refractivity contribution >= 4 is 5.78 Å². The minimum atomic E-state index is -0.406. The summed E-state index contributed by atoms with van der Waals surface area (Å²) in [5, 5.41) is 10.1. The highest BCUT2D eigenvalue weighted by Gasteiger charge is 2.44. The normalized spacial score (nSPS) is 36.1. The highest BCUT2D eigenvalue weighted by molar-refractivity contribution is 5.98. The van der Waals surface area contributed by atoms with E-state index >= 15 is 0 Å². The van der Waals surface area contributed by atoms with Crippen LogP contribution in [-0.4, -0.2) is 17.0 Å². The lowest BCUT2D eigenvalue weighted by molar-refractivity contribution is -0.116. The summed E-state index contributed by atoms with van der Waals surface area (Å²) < 4.78 is 0. The summed E-state index contributed by atoms with van der Waals surface area (Å²) in [6.07, 6.45) is 1.93. The van der Waals surface area contributed by atoms with Crippen molar-refractivity contribution in [1.29, 1.82) is 0 Å². The number of allylic oxidation sites excluding steroid dienone is 1. The van der Waals surface area contributed by atoms with Crippen molar-refractivity contribution in [3.05, 3.63) is 11.1 Å². The molecule has 2 atom stereocenters. The van der Waals surface area contributed by atoms with E-state index in [4.69, 9.17) is 0 Å². The van der Waals surface area contributed by atoms with E-state index in [0.29, 0.717) is 12.3 Å². The number of rotatable bonds is 0. The quantitative estimate of drug-likeness (QED) is 0.641. The van der Waals surface area contributed by atoms with Gasteiger partial charge in [0.15, 0.2) is 5.78 Å². The fourth-order valence-corrected chi connectivity index (χ4v) is 2.72. The smallest absolute Gasteiger partial charge is 0.158 e. The molecule has 0 saturated carbocycles. The second-order valence-electron chi connectivity index (χ2n) is 5.36. The predicted molar refractivity (Wildman–Crippen MR) is 54.8 cm³/mol. The maximum Gasteiger partial charge on any atom is 0.158 e. The lowest BCUT2D eigenvalue weighted by Gasteiger charge is -2.27. The Labute approximate surface area is 85.0 Å². The minimum absolute atomic E-state index is 0.140. The van der Waals surface area contributed by atoms with E-state index in [1.165, 1.54) is 0 Å². The van der Waals surface area contributed by atoms with Gasteiger partial charge in [-0.05, 0) is 35.3 Å². The zero-order valence-electron chi connectivity index (χ0n) is 9.13. The summed E-state index contributed by atoms with van der Waals surface area (Å²) in [7, 11) is 0. The Bertz CT molecular complexity index is 312. The van der Waals surface area contributed by atoms with Crippen LogP contribution in [0.5, 0.6) is 0 Å². The summed E-state index contributed by atoms with van der Waals surface area (Å²) >= 11 is 0. The van der Waals surface area contributed by atoms with Crippen LogP contribution < -0.4 is 0 Å². The van der Waals surface area contributed by atoms with E-state index in [9.17, 15) is 9.90 Å². The SMILES string of the molecule is C[C@@H]1CCC(=O)C2=C1[C@H](O)C(C)(C)C2. The zero-order valence-corrected chi connectivity index (χ0v) is 9.13. The molecule has 0 bridgehead atoms. The molecule has 0 aromatic heterocycles. The predicted octanol–water partition coefficient (Wildman–Crippen LogP) is 2.07. The Morgan fingerprint density at radius 2 is 2.07 bits per heavy atom. The van der Waals surface area contributed by atoms with Crippen LogP contribution in [0.3, 0.4) is 0 Å². The van der Waals surface area contributed by atoms with Gasteiger partial charge in [0.05, 0.1) is 6.10 Å². The standard InChI is InChI=1S/C12H18O2/c1-7-4-5-9(13)8-6-12(2,3)11(14)10(7)8/h7,11,14H,4-6H2,1-3H3/t7-,11+/m1/s1. The van der Waals surface area contributed by atoms with Gasteiger partial charge in [-0.25, -0.2) is 0 Å². The molecule has 1 N–H and O–H groups in total. The van der Waals surface area contributed by atoms with Gasteiger partial charge in [-0.1, -0.05) is 20.8 Å². The number of aliphatic hydroxyl groups is 1. The molecule has 0 saturated heterocycles. The van der Waals surface area contributed by atoms with Gasteiger partial charge in [-0.15, -0.1) is 0 Å². The molecule has 14 heavy (non-hydrogen) atoms. The van der Waals surface area contributed by atoms with Crippen molar-refractivity contribution in [2.75, 3.05) is 0 Å². The van der Waals surface area contributed by atoms with Gasteiger partial charge in [0.1, 0.15) is 0 Å². The summed E-state index contributed by atoms with van der Waals surface area (Å²) in [4.78, 5) is 11.7. The lowest BCUT2D eigenvalue weighted by Crippen LogP contribution is -2.28. The van der Waals surface area contributed by atoms with Crippen LogP contribution in [0.4, 0.5) is 0 Å². The molecule has 2 aliphatic rings. The van der Waals surface area contributed by atoms with E-state index in [1.807, 2.05) is 13.8 Å². The second kappa shape index (κ2) is 2.93. The van der Waals surface area contributed by atoms with Crippen LogP contribution >= 0.6 is 0 Å². The Balaban J connectivity index is 2.42. The van der Waals surface area contributed by atoms with Gasteiger partial charge < -0.3 is 5.11 Å². The van der Waals surface area contributed by atoms with E-state index in [0.717, 1.165) is 24.0 Å². The Hall–Kier alpha value is -0.630. The van der Waals surface area contributed by atoms with Gasteiger partial charge in [-0.2, -0.15) is 0 Å². The van der Waals surface area contributed by atoms with E-state index < -0.39 is 6.10 Å². The molecule has 0 spiro atoms. The molecule has 0 radical (unpaired) electrons. The van der Waals surface area contributed by atoms with Crippen molar-refractivity contribution in [2.45, 2.75) is 46.1 Å². The van der Waals surface area contributed by atoms with Gasteiger partial charge >= 0.3 is 0 Å². The van der Waals surface area contributed by atoms with Crippen LogP contribution in [0.2, 0.25) is 0 Å². The molecule has 0 aromatic carbocycles. The van der Waals surface area contributed by atoms with Gasteiger partial charge in [0, 0.05) is 6.42 Å². The van der Waals surface area contributed by atoms with E-state index in [1.54, 1.807) is 0 Å². The fraction of sp³-hybridized carbons (Fsp3) is 0.750. The largest absolute Gasteiger partial charge is 0.388 e. The van der Waals surface area contributed by atoms with Crippen LogP contribution in [0, 0.1) is 11.3 Å². The fourth-order valence-electron chi connectivity index (χ4n) is 2.72. The first-order valence-electron chi connectivity index (χ1n) is 5.37. The maximum absolute atomic E-state index is 11.7. The summed E-state index contributed by atoms with van der Waals surface area (Å²) in [6.45, 7) is 6.19. The number of hydrogen-bond acceptors (Lipinski definition) is 2. The topological polar surface area (TPSA) is 37.3 Å². The van der Waals surface area contributed by atoms with Crippen LogP contribution in [0.15, 0.2) is 11.1 Å². The third kappa shape index (κ3) is 1.24. The monoisotopic (exact) mass is 194 g/mol. The Kier molecular flexibility index (Phi) is 2.07. The third-order valence-electron chi connectivity index (χ3n) is 3.69. The first-order chi connectivity index (χ1) is 6.43. The van der Waals surface area contributed by atoms with Crippen molar-refractivity contribution in [3.63, 3.8) is 0 Å². The van der Waals surface area contributed by atoms with Gasteiger partial charge in [0.25, 0.3) is 0 Å². The molecule has 0 aromatic rings. The zero-order chi connectivity index (χ0) is 10.5. The summed E-state index contributed by atoms with van der Waals surface area (Å²) in [5.41, 5.74) is 1.83. The van der Waals surface area contributed by atoms with Crippen molar-refractivity contribution in [1.82, 2.24) is 0 Å². The Morgan fingerprint density at radius 3 is 2.64 bits per heavy atom. The molecular formula is C12H18O2. The number of carbonyl (C=O) groups is 1. The lowest BCUT2D eigenvalue weighted by atomic mass is 9.82. The molecule has 0 aliphatic heterocycles. The van der Waals surface area contributed by atoms with Crippen LogP contribution in [0.25, 0.3) is 0 Å². The molecule has 78 valence electrons. The first kappa shape index (κ1) is 9.91. The van der Waals surface area contributed by atoms with E-state index in [-0.39, 0.29) is 11.2 Å². The number of hydrogen-bond donors (Lipinski definition) is 1. The third-order valence-corrected chi connectivity index (χ3v) is 3.69. The molecule has 0 unspecified atom stereocenters. The average Bonchev–Trinajstić information content (AvgIpc) is 2.33. The summed E-state index contributed by atoms with van der Waals surface area (Å²) in [6, 6.07) is 0. The van der Waals surface area contributed by atoms with Crippen LogP contribution in [-0.2, 0) is 4.79 Å². The number of carbonyl (C=O) groups excluding carboxylic acids is 1. The molecule has 0 amide bonds. The number of aliphatic hydroxyl groups excluding tert-OH is 1. The molecule has 0 heterocycles. The van der Waals surface area contributed by atoms with E-state index in [2.05, 4.69) is 6.92 Å². The first-order valence-corrected chi connectivity index (χ1v) is 5.37. The molecule has 0 fully saturated rings. The molecule has 2 nitrogen and oxygen atoms in total. The van der Waals surface area contributed by atoms with Gasteiger partial charge in [-0.3, -0.25) is 4.79 Å². The number of ketones is 1.